The third kappa shape index (κ3) is 2.56. The average molecular weight is 346 g/mol. The minimum Gasteiger partial charge on any atom is -0.458 e. The van der Waals surface area contributed by atoms with E-state index in [0.29, 0.717) is 22.5 Å². The van der Waals surface area contributed by atoms with Gasteiger partial charge in [-0.05, 0) is 45.6 Å². The summed E-state index contributed by atoms with van der Waals surface area (Å²) in [4.78, 5) is 24.2. The fourth-order valence-corrected chi connectivity index (χ4v) is 4.32. The van der Waals surface area contributed by atoms with Crippen molar-refractivity contribution in [1.82, 2.24) is 0 Å². The van der Waals surface area contributed by atoms with Gasteiger partial charge in [0, 0.05) is 28.1 Å². The van der Waals surface area contributed by atoms with Gasteiger partial charge >= 0.3 is 11.9 Å². The summed E-state index contributed by atoms with van der Waals surface area (Å²) in [5.41, 5.74) is 1.11. The third-order valence-electron chi connectivity index (χ3n) is 6.45. The number of esters is 2. The molecule has 3 aliphatic rings. The van der Waals surface area contributed by atoms with Crippen molar-refractivity contribution in [2.75, 3.05) is 0 Å². The van der Waals surface area contributed by atoms with Gasteiger partial charge in [0.2, 0.25) is 0 Å². The van der Waals surface area contributed by atoms with Crippen LogP contribution >= 0.6 is 0 Å². The highest BCUT2D eigenvalue weighted by molar-refractivity contribution is 5.94. The molecule has 5 nitrogen and oxygen atoms in total. The van der Waals surface area contributed by atoms with Crippen LogP contribution in [0.3, 0.4) is 0 Å². The zero-order chi connectivity index (χ0) is 18.5. The van der Waals surface area contributed by atoms with Crippen molar-refractivity contribution in [3.8, 4) is 0 Å². The van der Waals surface area contributed by atoms with Gasteiger partial charge in [0.25, 0.3) is 0 Å². The van der Waals surface area contributed by atoms with Crippen LogP contribution in [0, 0.1) is 17.3 Å². The van der Waals surface area contributed by atoms with Gasteiger partial charge in [-0.15, -0.1) is 0 Å². The molecule has 1 N–H and O–H groups in total. The van der Waals surface area contributed by atoms with Crippen LogP contribution in [0.1, 0.15) is 47.5 Å². The van der Waals surface area contributed by atoms with Crippen LogP contribution < -0.4 is 0 Å². The highest BCUT2D eigenvalue weighted by Crippen LogP contribution is 2.56. The van der Waals surface area contributed by atoms with E-state index in [9.17, 15) is 14.7 Å². The first-order valence-corrected chi connectivity index (χ1v) is 8.88. The number of carbonyl (C=O) groups is 2. The zero-order valence-electron chi connectivity index (χ0n) is 15.5. The number of aliphatic hydroxyl groups excluding tert-OH is 1. The van der Waals surface area contributed by atoms with E-state index in [4.69, 9.17) is 9.47 Å². The summed E-state index contributed by atoms with van der Waals surface area (Å²) in [7, 11) is 0. The van der Waals surface area contributed by atoms with Gasteiger partial charge in [-0.3, -0.25) is 0 Å². The fourth-order valence-electron chi connectivity index (χ4n) is 4.32. The maximum absolute atomic E-state index is 12.2. The molecule has 0 radical (unpaired) electrons. The van der Waals surface area contributed by atoms with Crippen molar-refractivity contribution in [3.63, 3.8) is 0 Å². The van der Waals surface area contributed by atoms with E-state index in [1.807, 2.05) is 13.0 Å². The second kappa shape index (κ2) is 6.13. The van der Waals surface area contributed by atoms with E-state index in [1.165, 1.54) is 0 Å². The summed E-state index contributed by atoms with van der Waals surface area (Å²) in [6, 6.07) is 0. The largest absolute Gasteiger partial charge is 0.458 e. The van der Waals surface area contributed by atoms with Gasteiger partial charge in [0.1, 0.15) is 11.9 Å². The van der Waals surface area contributed by atoms with Gasteiger partial charge in [-0.25, -0.2) is 9.59 Å². The molecule has 0 aromatic heterocycles. The smallest absolute Gasteiger partial charge is 0.339 e. The monoisotopic (exact) mass is 346 g/mol. The van der Waals surface area contributed by atoms with Crippen molar-refractivity contribution in [2.24, 2.45) is 17.3 Å². The molecule has 3 rings (SSSR count). The maximum Gasteiger partial charge on any atom is 0.339 e. The minimum atomic E-state index is -0.816. The second-order valence-corrected chi connectivity index (χ2v) is 7.65. The molecule has 0 amide bonds. The summed E-state index contributed by atoms with van der Waals surface area (Å²) >= 11 is 0. The highest BCUT2D eigenvalue weighted by Gasteiger charge is 2.57. The molecule has 2 aliphatic carbocycles. The molecule has 0 spiro atoms. The van der Waals surface area contributed by atoms with E-state index in [2.05, 4.69) is 6.92 Å². The van der Waals surface area contributed by atoms with Gasteiger partial charge in [-0.2, -0.15) is 0 Å². The molecule has 0 aromatic carbocycles. The normalized spacial score (nSPS) is 37.9. The standard InChI is InChI=1S/C20H26O5/c1-6-10(2)18(22)24-14-8-7-11(3)20(5)13(14)9-15-16(17(20)21)12(4)19(23)25-15/h6,9,11,13-14,17,21H,7-8H2,1-5H3/b10-6-/t11-,13-,14-,17+,20+/m0/s1. The van der Waals surface area contributed by atoms with Crippen LogP contribution in [0.2, 0.25) is 0 Å². The number of fused-ring (bicyclic) bond motifs is 2. The fraction of sp³-hybridized carbons (Fsp3) is 0.600. The molecule has 25 heavy (non-hydrogen) atoms. The Morgan fingerprint density at radius 1 is 1.44 bits per heavy atom. The summed E-state index contributed by atoms with van der Waals surface area (Å²) in [6.07, 6.45) is 4.03. The molecule has 0 aromatic rings. The van der Waals surface area contributed by atoms with Gasteiger partial charge in [-0.1, -0.05) is 19.9 Å². The lowest BCUT2D eigenvalue weighted by molar-refractivity contribution is -0.160. The number of rotatable bonds is 2. The zero-order valence-corrected chi connectivity index (χ0v) is 15.5. The minimum absolute atomic E-state index is 0.197. The quantitative estimate of drug-likeness (QED) is 0.614. The average Bonchev–Trinajstić information content (AvgIpc) is 2.86. The van der Waals surface area contributed by atoms with Gasteiger partial charge in [0.15, 0.2) is 0 Å². The molecular formula is C20H26O5. The molecule has 5 atom stereocenters. The van der Waals surface area contributed by atoms with E-state index < -0.39 is 17.5 Å². The van der Waals surface area contributed by atoms with Crippen LogP contribution in [0.4, 0.5) is 0 Å². The van der Waals surface area contributed by atoms with E-state index >= 15 is 0 Å². The van der Waals surface area contributed by atoms with Crippen LogP contribution in [0.25, 0.3) is 0 Å². The summed E-state index contributed by atoms with van der Waals surface area (Å²) in [5.74, 6) is -0.293. The Kier molecular flexibility index (Phi) is 4.40. The molecule has 136 valence electrons. The predicted octanol–water partition coefficient (Wildman–Crippen LogP) is 3.05. The predicted molar refractivity (Wildman–Crippen MR) is 92.2 cm³/mol. The van der Waals surface area contributed by atoms with Gasteiger partial charge in [0.05, 0.1) is 6.10 Å². The summed E-state index contributed by atoms with van der Waals surface area (Å²) in [6.45, 7) is 9.34. The van der Waals surface area contributed by atoms with Crippen molar-refractivity contribution < 1.29 is 24.2 Å². The van der Waals surface area contributed by atoms with Crippen molar-refractivity contribution in [3.05, 3.63) is 34.6 Å². The molecule has 1 saturated carbocycles. The first-order valence-electron chi connectivity index (χ1n) is 8.88. The molecule has 0 unspecified atom stereocenters. The third-order valence-corrected chi connectivity index (χ3v) is 6.45. The van der Waals surface area contributed by atoms with Crippen molar-refractivity contribution >= 4 is 11.9 Å². The van der Waals surface area contributed by atoms with Gasteiger partial charge < -0.3 is 14.6 Å². The number of carbonyl (C=O) groups excluding carboxylic acids is 2. The second-order valence-electron chi connectivity index (χ2n) is 7.65. The number of allylic oxidation sites excluding steroid dienone is 1. The summed E-state index contributed by atoms with van der Waals surface area (Å²) < 4.78 is 11.1. The van der Waals surface area contributed by atoms with Crippen LogP contribution in [0.5, 0.6) is 0 Å². The Morgan fingerprint density at radius 3 is 2.76 bits per heavy atom. The maximum atomic E-state index is 12.2. The molecule has 1 heterocycles. The number of hydrogen-bond donors (Lipinski definition) is 1. The number of aliphatic hydroxyl groups is 1. The lowest BCUT2D eigenvalue weighted by atomic mass is 9.54. The molecule has 5 heteroatoms. The number of ether oxygens (including phenoxy) is 2. The Hall–Kier alpha value is -1.88. The van der Waals surface area contributed by atoms with E-state index in [1.54, 1.807) is 26.8 Å². The Bertz CT molecular complexity index is 714. The first kappa shape index (κ1) is 17.9. The molecule has 1 aliphatic heterocycles. The molecule has 0 saturated heterocycles. The topological polar surface area (TPSA) is 72.8 Å². The molecular weight excluding hydrogens is 320 g/mol. The highest BCUT2D eigenvalue weighted by atomic mass is 16.5. The van der Waals surface area contributed by atoms with E-state index in [0.717, 1.165) is 12.8 Å². The van der Waals surface area contributed by atoms with Crippen molar-refractivity contribution in [1.29, 1.82) is 0 Å². The van der Waals surface area contributed by atoms with E-state index in [-0.39, 0.29) is 23.9 Å². The van der Waals surface area contributed by atoms with Crippen LogP contribution in [-0.2, 0) is 19.1 Å². The summed E-state index contributed by atoms with van der Waals surface area (Å²) in [5, 5.41) is 11.1. The Labute approximate surface area is 148 Å². The first-order chi connectivity index (χ1) is 11.7. The lowest BCUT2D eigenvalue weighted by Gasteiger charge is -2.53. The molecule has 1 fully saturated rings. The Morgan fingerprint density at radius 2 is 2.12 bits per heavy atom. The SMILES string of the molecule is C/C=C(/C)C(=O)O[C@H]1CC[C@H](C)[C@@]2(C)[C@H](O)C3=C(C)C(=O)OC3=C[C@@H]12. The van der Waals surface area contributed by atoms with Crippen LogP contribution in [-0.4, -0.2) is 29.3 Å². The van der Waals surface area contributed by atoms with Crippen molar-refractivity contribution in [2.45, 2.75) is 59.7 Å². The molecule has 0 bridgehead atoms. The Balaban J connectivity index is 2.02. The lowest BCUT2D eigenvalue weighted by Crippen LogP contribution is -2.55. The number of hydrogen-bond acceptors (Lipinski definition) is 5. The van der Waals surface area contributed by atoms with Crippen LogP contribution in [0.15, 0.2) is 34.6 Å².